The molecule has 0 spiro atoms. The van der Waals surface area contributed by atoms with Gasteiger partial charge in [-0.1, -0.05) is 85.0 Å². The molecule has 1 aromatic carbocycles. The predicted molar refractivity (Wildman–Crippen MR) is 189 cm³/mol. The molecule has 8 aliphatic rings. The van der Waals surface area contributed by atoms with Gasteiger partial charge in [0.2, 0.25) is 0 Å². The first kappa shape index (κ1) is 26.5. The van der Waals surface area contributed by atoms with Gasteiger partial charge in [-0.3, -0.25) is 0 Å². The minimum atomic E-state index is 0.412. The van der Waals surface area contributed by atoms with Crippen LogP contribution < -0.4 is 0 Å². The summed E-state index contributed by atoms with van der Waals surface area (Å²) in [6.45, 7) is 0. The largest absolute Gasteiger partial charge is 0.338 e. The number of aromatic nitrogens is 1. The zero-order valence-electron chi connectivity index (χ0n) is 25.9. The van der Waals surface area contributed by atoms with Crippen LogP contribution in [-0.2, 0) is 6.42 Å². The van der Waals surface area contributed by atoms with Gasteiger partial charge in [-0.25, -0.2) is 0 Å². The van der Waals surface area contributed by atoms with Crippen LogP contribution in [0.5, 0.6) is 0 Å². The van der Waals surface area contributed by atoms with Crippen molar-refractivity contribution in [3.05, 3.63) is 147 Å². The molecule has 0 radical (unpaired) electrons. The summed E-state index contributed by atoms with van der Waals surface area (Å²) in [6, 6.07) is 9.94. The maximum Gasteiger partial charge on any atom is 0.0623 e. The molecule has 0 saturated heterocycles. The number of nitrogens with zero attached hydrogens (tertiary/aromatic N) is 2. The minimum absolute atomic E-state index is 0.412. The quantitative estimate of drug-likeness (QED) is 0.344. The Morgan fingerprint density at radius 1 is 0.756 bits per heavy atom. The van der Waals surface area contributed by atoms with Crippen LogP contribution in [0.1, 0.15) is 68.7 Å². The van der Waals surface area contributed by atoms with Gasteiger partial charge in [0.15, 0.2) is 0 Å². The number of allylic oxidation sites excluding steroid dienone is 14. The first-order valence-electron chi connectivity index (χ1n) is 17.3. The standard InChI is InChI=1S/C42H40N2S/c1-2-10-29(11-3-1)43-38-16-8-5-13-32(38)35-24-27(19-22-39(35)43)28-18-21-33-31-12-4-7-15-37(31)44(40(33)25-28)30-20-23-42-36(26-30)34-14-6-9-17-41(34)45-42/h1-5,7-10,12-13,15-17,24-26,29,31,36-37,42H,6,11,14,18-23H2. The topological polar surface area (TPSA) is 8.17 Å². The summed E-state index contributed by atoms with van der Waals surface area (Å²) in [5, 5.41) is 2.15. The molecule has 1 aromatic heterocycles. The van der Waals surface area contributed by atoms with E-state index in [2.05, 4.69) is 124 Å². The van der Waals surface area contributed by atoms with E-state index in [1.165, 1.54) is 60.0 Å². The van der Waals surface area contributed by atoms with Gasteiger partial charge in [-0.05, 0) is 98.3 Å². The zero-order chi connectivity index (χ0) is 29.5. The molecule has 5 unspecified atom stereocenters. The number of thioether (sulfide) groups is 1. The van der Waals surface area contributed by atoms with Gasteiger partial charge in [-0.2, -0.15) is 0 Å². The van der Waals surface area contributed by atoms with Crippen molar-refractivity contribution in [2.75, 3.05) is 0 Å². The molecule has 2 nitrogen and oxygen atoms in total. The first-order valence-corrected chi connectivity index (χ1v) is 18.2. The second kappa shape index (κ2) is 10.4. The van der Waals surface area contributed by atoms with Crippen LogP contribution in [0, 0.1) is 11.8 Å². The third-order valence-electron chi connectivity index (χ3n) is 11.7. The third-order valence-corrected chi connectivity index (χ3v) is 13.2. The number of hydrogen-bond acceptors (Lipinski definition) is 2. The van der Waals surface area contributed by atoms with E-state index in [-0.39, 0.29) is 0 Å². The van der Waals surface area contributed by atoms with Crippen molar-refractivity contribution in [3.63, 3.8) is 0 Å². The Labute approximate surface area is 271 Å². The smallest absolute Gasteiger partial charge is 0.0623 e. The van der Waals surface area contributed by atoms with E-state index in [1.807, 2.05) is 0 Å². The highest BCUT2D eigenvalue weighted by Gasteiger charge is 2.44. The Balaban J connectivity index is 1.05. The van der Waals surface area contributed by atoms with Gasteiger partial charge in [-0.15, -0.1) is 11.8 Å². The summed E-state index contributed by atoms with van der Waals surface area (Å²) >= 11 is 2.16. The van der Waals surface area contributed by atoms with E-state index in [0.717, 1.165) is 30.9 Å². The Morgan fingerprint density at radius 3 is 2.60 bits per heavy atom. The fourth-order valence-corrected chi connectivity index (χ4v) is 11.2. The fraction of sp³-hybridized carbons (Fsp3) is 0.333. The van der Waals surface area contributed by atoms with Crippen molar-refractivity contribution >= 4 is 28.7 Å². The molecule has 45 heavy (non-hydrogen) atoms. The highest BCUT2D eigenvalue weighted by atomic mass is 32.2. The number of benzene rings is 1. The van der Waals surface area contributed by atoms with E-state index >= 15 is 0 Å². The van der Waals surface area contributed by atoms with Gasteiger partial charge < -0.3 is 9.47 Å². The Kier molecular flexibility index (Phi) is 6.14. The average molecular weight is 605 g/mol. The highest BCUT2D eigenvalue weighted by molar-refractivity contribution is 8.04. The lowest BCUT2D eigenvalue weighted by atomic mass is 9.82. The second-order valence-corrected chi connectivity index (χ2v) is 15.3. The molecule has 3 heteroatoms. The van der Waals surface area contributed by atoms with E-state index in [1.54, 1.807) is 32.9 Å². The Morgan fingerprint density at radius 2 is 1.64 bits per heavy atom. The molecule has 10 rings (SSSR count). The van der Waals surface area contributed by atoms with Gasteiger partial charge >= 0.3 is 0 Å². The monoisotopic (exact) mass is 604 g/mol. The van der Waals surface area contributed by atoms with Crippen LogP contribution in [-0.4, -0.2) is 20.8 Å². The van der Waals surface area contributed by atoms with E-state index in [0.29, 0.717) is 23.9 Å². The maximum absolute atomic E-state index is 2.79. The summed E-state index contributed by atoms with van der Waals surface area (Å²) in [4.78, 5) is 4.37. The van der Waals surface area contributed by atoms with E-state index in [9.17, 15) is 0 Å². The van der Waals surface area contributed by atoms with Gasteiger partial charge in [0.25, 0.3) is 0 Å². The molecule has 5 atom stereocenters. The van der Waals surface area contributed by atoms with Crippen molar-refractivity contribution in [1.29, 1.82) is 0 Å². The predicted octanol–water partition coefficient (Wildman–Crippen LogP) is 10.4. The fourth-order valence-electron chi connectivity index (χ4n) is 9.66. The number of hydrogen-bond donors (Lipinski definition) is 0. The van der Waals surface area contributed by atoms with Crippen LogP contribution in [0.4, 0.5) is 0 Å². The van der Waals surface area contributed by atoms with Crippen LogP contribution in [0.15, 0.2) is 136 Å². The number of fused-ring (bicyclic) bond motifs is 7. The molecule has 0 N–H and O–H groups in total. The van der Waals surface area contributed by atoms with Gasteiger partial charge in [0.05, 0.1) is 12.1 Å². The van der Waals surface area contributed by atoms with Crippen molar-refractivity contribution in [2.24, 2.45) is 11.8 Å². The normalized spacial score (nSPS) is 31.1. The van der Waals surface area contributed by atoms with Crippen molar-refractivity contribution in [3.8, 4) is 0 Å². The molecule has 2 aliphatic heterocycles. The molecule has 3 heterocycles. The summed E-state index contributed by atoms with van der Waals surface area (Å²) in [6.07, 6.45) is 42.0. The molecule has 0 fully saturated rings. The molecular formula is C42H40N2S. The van der Waals surface area contributed by atoms with Gasteiger partial charge in [0.1, 0.15) is 0 Å². The highest BCUT2D eigenvalue weighted by Crippen LogP contribution is 2.54. The maximum atomic E-state index is 2.79. The molecule has 0 amide bonds. The lowest BCUT2D eigenvalue weighted by Crippen LogP contribution is -2.34. The number of para-hydroxylation sites is 1. The summed E-state index contributed by atoms with van der Waals surface area (Å²) in [5.41, 5.74) is 14.0. The third kappa shape index (κ3) is 4.09. The molecule has 6 aliphatic carbocycles. The molecule has 0 saturated carbocycles. The second-order valence-electron chi connectivity index (χ2n) is 14.0. The van der Waals surface area contributed by atoms with Crippen molar-refractivity contribution < 1.29 is 0 Å². The van der Waals surface area contributed by atoms with Crippen molar-refractivity contribution in [1.82, 2.24) is 9.47 Å². The lowest BCUT2D eigenvalue weighted by molar-refractivity contribution is 0.343. The lowest BCUT2D eigenvalue weighted by Gasteiger charge is -2.37. The van der Waals surface area contributed by atoms with Crippen molar-refractivity contribution in [2.45, 2.75) is 75.1 Å². The Hall–Kier alpha value is -3.69. The van der Waals surface area contributed by atoms with E-state index in [4.69, 9.17) is 0 Å². The molecule has 2 aromatic rings. The summed E-state index contributed by atoms with van der Waals surface area (Å²) < 4.78 is 2.64. The summed E-state index contributed by atoms with van der Waals surface area (Å²) in [5.74, 6) is 1.12. The summed E-state index contributed by atoms with van der Waals surface area (Å²) in [7, 11) is 0. The molecule has 0 bridgehead atoms. The molecule has 224 valence electrons. The number of rotatable bonds is 3. The zero-order valence-corrected chi connectivity index (χ0v) is 26.7. The van der Waals surface area contributed by atoms with E-state index < -0.39 is 0 Å². The molecular weight excluding hydrogens is 565 g/mol. The SMILES string of the molecule is C1=CCC(n2c3c(c4ccccc42)C=C(C2=CC4=C(CC2)C2C=CC=CC2N4C2=CC4C5=C(C=CCC5)SC4CC2)CC3)C=C1. The van der Waals surface area contributed by atoms with Crippen LogP contribution in [0.3, 0.4) is 0 Å². The Bertz CT molecular complexity index is 1940. The van der Waals surface area contributed by atoms with Gasteiger partial charge in [0, 0.05) is 55.5 Å². The van der Waals surface area contributed by atoms with Crippen LogP contribution >= 0.6 is 11.8 Å². The average Bonchev–Trinajstić information content (AvgIpc) is 3.75. The van der Waals surface area contributed by atoms with Crippen LogP contribution in [0.25, 0.3) is 17.0 Å². The van der Waals surface area contributed by atoms with Crippen LogP contribution in [0.2, 0.25) is 0 Å². The first-order chi connectivity index (χ1) is 22.3. The minimum Gasteiger partial charge on any atom is -0.338 e.